The van der Waals surface area contributed by atoms with E-state index >= 15 is 0 Å². The van der Waals surface area contributed by atoms with Crippen molar-refractivity contribution >= 4 is 17.7 Å². The Morgan fingerprint density at radius 1 is 1.82 bits per heavy atom. The molecular formula is C8H12O2S. The molecule has 0 aromatic carbocycles. The summed E-state index contributed by atoms with van der Waals surface area (Å²) in [6.45, 7) is 2.17. The van der Waals surface area contributed by atoms with Crippen molar-refractivity contribution in [3.63, 3.8) is 0 Å². The maximum atomic E-state index is 10.8. The van der Waals surface area contributed by atoms with E-state index in [0.29, 0.717) is 5.25 Å². The van der Waals surface area contributed by atoms with Crippen LogP contribution in [0.2, 0.25) is 0 Å². The summed E-state index contributed by atoms with van der Waals surface area (Å²) in [5.74, 6) is 0.755. The molecule has 0 spiro atoms. The lowest BCUT2D eigenvalue weighted by molar-refractivity contribution is -0.134. The van der Waals surface area contributed by atoms with E-state index in [-0.39, 0.29) is 5.97 Å². The first kappa shape index (κ1) is 8.65. The van der Waals surface area contributed by atoms with Crippen LogP contribution in [0.25, 0.3) is 0 Å². The van der Waals surface area contributed by atoms with Crippen LogP contribution in [-0.2, 0) is 9.53 Å². The monoisotopic (exact) mass is 172 g/mol. The highest BCUT2D eigenvalue weighted by Crippen LogP contribution is 2.29. The fraction of sp³-hybridized carbons (Fsp3) is 0.625. The quantitative estimate of drug-likeness (QED) is 0.444. The molecule has 0 N–H and O–H groups in total. The zero-order valence-corrected chi connectivity index (χ0v) is 7.61. The minimum Gasteiger partial charge on any atom is -0.466 e. The van der Waals surface area contributed by atoms with E-state index in [1.807, 2.05) is 11.8 Å². The molecule has 1 atom stereocenters. The molecule has 0 bridgehead atoms. The molecule has 0 aliphatic carbocycles. The molecule has 1 heterocycles. The van der Waals surface area contributed by atoms with Gasteiger partial charge in [0.25, 0.3) is 0 Å². The van der Waals surface area contributed by atoms with Crippen LogP contribution in [-0.4, -0.2) is 24.1 Å². The van der Waals surface area contributed by atoms with Crippen molar-refractivity contribution in [1.82, 2.24) is 0 Å². The molecule has 0 aromatic heterocycles. The Bertz CT molecular complexity index is 187. The average Bonchev–Trinajstić information content (AvgIpc) is 2.35. The number of hydrogen-bond acceptors (Lipinski definition) is 3. The third-order valence-electron chi connectivity index (χ3n) is 1.63. The number of ether oxygens (including phenoxy) is 1. The predicted molar refractivity (Wildman–Crippen MR) is 46.6 cm³/mol. The Morgan fingerprint density at radius 2 is 2.55 bits per heavy atom. The summed E-state index contributed by atoms with van der Waals surface area (Å²) < 4.78 is 4.52. The van der Waals surface area contributed by atoms with Gasteiger partial charge in [-0.3, -0.25) is 0 Å². The van der Waals surface area contributed by atoms with Crippen molar-refractivity contribution < 1.29 is 9.53 Å². The van der Waals surface area contributed by atoms with Crippen LogP contribution in [0.1, 0.15) is 13.3 Å². The third-order valence-corrected chi connectivity index (χ3v) is 2.90. The summed E-state index contributed by atoms with van der Waals surface area (Å²) in [7, 11) is 1.41. The first-order valence-electron chi connectivity index (χ1n) is 3.61. The maximum absolute atomic E-state index is 10.8. The van der Waals surface area contributed by atoms with E-state index in [0.717, 1.165) is 12.2 Å². The molecular weight excluding hydrogens is 160 g/mol. The molecule has 1 fully saturated rings. The van der Waals surface area contributed by atoms with Gasteiger partial charge in [0.05, 0.1) is 7.11 Å². The van der Waals surface area contributed by atoms with Gasteiger partial charge in [-0.2, -0.15) is 11.8 Å². The van der Waals surface area contributed by atoms with Crippen LogP contribution in [0, 0.1) is 0 Å². The Labute approximate surface area is 71.0 Å². The molecule has 0 amide bonds. The molecule has 1 saturated heterocycles. The third kappa shape index (κ3) is 2.58. The van der Waals surface area contributed by atoms with E-state index in [4.69, 9.17) is 0 Å². The number of methoxy groups -OCH3 is 1. The Hall–Kier alpha value is -0.440. The van der Waals surface area contributed by atoms with Crippen LogP contribution in [0.5, 0.6) is 0 Å². The maximum Gasteiger partial charge on any atom is 0.330 e. The molecule has 1 aliphatic rings. The highest BCUT2D eigenvalue weighted by molar-refractivity contribution is 8.00. The van der Waals surface area contributed by atoms with Crippen molar-refractivity contribution in [2.24, 2.45) is 0 Å². The molecule has 2 nitrogen and oxygen atoms in total. The highest BCUT2D eigenvalue weighted by Gasteiger charge is 2.15. The van der Waals surface area contributed by atoms with Crippen molar-refractivity contribution in [3.05, 3.63) is 11.6 Å². The number of carbonyl (C=O) groups excluding carboxylic acids is 1. The second-order valence-electron chi connectivity index (χ2n) is 2.65. The summed E-state index contributed by atoms with van der Waals surface area (Å²) in [5, 5.41) is 0.658. The minimum atomic E-state index is -0.227. The summed E-state index contributed by atoms with van der Waals surface area (Å²) in [4.78, 5) is 10.8. The zero-order valence-electron chi connectivity index (χ0n) is 6.79. The lowest BCUT2D eigenvalue weighted by Crippen LogP contribution is -1.97. The number of thioether (sulfide) groups is 1. The van der Waals surface area contributed by atoms with Crippen molar-refractivity contribution in [2.45, 2.75) is 18.6 Å². The first-order chi connectivity index (χ1) is 5.22. The molecule has 1 rings (SSSR count). The molecule has 1 aliphatic heterocycles. The van der Waals surface area contributed by atoms with E-state index < -0.39 is 0 Å². The van der Waals surface area contributed by atoms with Crippen LogP contribution >= 0.6 is 11.8 Å². The molecule has 0 saturated carbocycles. The smallest absolute Gasteiger partial charge is 0.330 e. The molecule has 1 unspecified atom stereocenters. The predicted octanol–water partition coefficient (Wildman–Crippen LogP) is 1.61. The van der Waals surface area contributed by atoms with Crippen molar-refractivity contribution in [1.29, 1.82) is 0 Å². The highest BCUT2D eigenvalue weighted by atomic mass is 32.2. The molecule has 11 heavy (non-hydrogen) atoms. The Morgan fingerprint density at radius 3 is 3.00 bits per heavy atom. The van der Waals surface area contributed by atoms with Crippen LogP contribution in [0.15, 0.2) is 11.6 Å². The Balaban J connectivity index is 2.48. The number of esters is 1. The van der Waals surface area contributed by atoms with Gasteiger partial charge < -0.3 is 4.74 Å². The Kier molecular flexibility index (Phi) is 3.00. The number of carbonyl (C=O) groups is 1. The second kappa shape index (κ2) is 3.81. The van der Waals surface area contributed by atoms with Gasteiger partial charge in [0.1, 0.15) is 0 Å². The number of hydrogen-bond donors (Lipinski definition) is 0. The summed E-state index contributed by atoms with van der Waals surface area (Å²) in [5.41, 5.74) is 1.20. The van der Waals surface area contributed by atoms with E-state index in [1.165, 1.54) is 12.7 Å². The first-order valence-corrected chi connectivity index (χ1v) is 4.66. The van der Waals surface area contributed by atoms with Gasteiger partial charge in [-0.15, -0.1) is 0 Å². The standard InChI is InChI=1S/C8H12O2S/c1-6-3-7(5-11-6)4-8(9)10-2/h4,6H,3,5H2,1-2H3/b7-4+. The van der Waals surface area contributed by atoms with Gasteiger partial charge in [-0.05, 0) is 6.42 Å². The van der Waals surface area contributed by atoms with Gasteiger partial charge in [0.2, 0.25) is 0 Å². The lowest BCUT2D eigenvalue weighted by atomic mass is 10.2. The van der Waals surface area contributed by atoms with Crippen molar-refractivity contribution in [3.8, 4) is 0 Å². The SMILES string of the molecule is COC(=O)/C=C1/CSC(C)C1. The summed E-state index contributed by atoms with van der Waals surface area (Å²) in [6.07, 6.45) is 2.64. The van der Waals surface area contributed by atoms with Gasteiger partial charge in [-0.1, -0.05) is 12.5 Å². The fourth-order valence-corrected chi connectivity index (χ4v) is 2.09. The lowest BCUT2D eigenvalue weighted by Gasteiger charge is -1.94. The fourth-order valence-electron chi connectivity index (χ4n) is 1.06. The van der Waals surface area contributed by atoms with Gasteiger partial charge >= 0.3 is 5.97 Å². The van der Waals surface area contributed by atoms with Gasteiger partial charge in [0.15, 0.2) is 0 Å². The van der Waals surface area contributed by atoms with Gasteiger partial charge in [-0.25, -0.2) is 4.79 Å². The molecule has 3 heteroatoms. The van der Waals surface area contributed by atoms with Crippen molar-refractivity contribution in [2.75, 3.05) is 12.9 Å². The average molecular weight is 172 g/mol. The number of rotatable bonds is 1. The van der Waals surface area contributed by atoms with Crippen LogP contribution < -0.4 is 0 Å². The van der Waals surface area contributed by atoms with Crippen LogP contribution in [0.3, 0.4) is 0 Å². The molecule has 0 aromatic rings. The minimum absolute atomic E-state index is 0.227. The largest absolute Gasteiger partial charge is 0.466 e. The van der Waals surface area contributed by atoms with E-state index in [9.17, 15) is 4.79 Å². The summed E-state index contributed by atoms with van der Waals surface area (Å²) in [6, 6.07) is 0. The summed E-state index contributed by atoms with van der Waals surface area (Å²) >= 11 is 1.88. The van der Waals surface area contributed by atoms with Gasteiger partial charge in [0, 0.05) is 17.1 Å². The second-order valence-corrected chi connectivity index (χ2v) is 4.08. The topological polar surface area (TPSA) is 26.3 Å². The normalized spacial score (nSPS) is 27.5. The molecule has 62 valence electrons. The van der Waals surface area contributed by atoms with E-state index in [2.05, 4.69) is 11.7 Å². The van der Waals surface area contributed by atoms with E-state index in [1.54, 1.807) is 6.08 Å². The van der Waals surface area contributed by atoms with Crippen LogP contribution in [0.4, 0.5) is 0 Å². The molecule has 0 radical (unpaired) electrons. The zero-order chi connectivity index (χ0) is 8.27.